The van der Waals surface area contributed by atoms with Gasteiger partial charge in [-0.25, -0.2) is 27.3 Å². The number of anilines is 1. The monoisotopic (exact) mass is 636 g/mol. The molecule has 220 valence electrons. The number of aromatic nitrogens is 1. The maximum atomic E-state index is 13.1. The number of ether oxygens (including phenoxy) is 2. The van der Waals surface area contributed by atoms with E-state index in [1.54, 1.807) is 0 Å². The van der Waals surface area contributed by atoms with Gasteiger partial charge in [0.15, 0.2) is 27.2 Å². The number of amides is 2. The molecule has 0 aliphatic carbocycles. The maximum absolute atomic E-state index is 13.1. The van der Waals surface area contributed by atoms with Crippen LogP contribution in [0.2, 0.25) is 0 Å². The van der Waals surface area contributed by atoms with Gasteiger partial charge >= 0.3 is 41.5 Å². The van der Waals surface area contributed by atoms with E-state index in [1.807, 2.05) is 0 Å². The number of esters is 2. The summed E-state index contributed by atoms with van der Waals surface area (Å²) in [6.45, 7) is 2.22. The minimum absolute atomic E-state index is 0. The number of non-ortho nitro benzene ring substituents is 1. The summed E-state index contributed by atoms with van der Waals surface area (Å²) in [4.78, 5) is 69.4. The largest absolute Gasteiger partial charge is 1.00 e. The molecular weight excluding hydrogens is 615 g/mol. The normalized spacial score (nSPS) is 16.9. The number of hydrogen-bond donors (Lipinski definition) is 2. The van der Waals surface area contributed by atoms with Crippen molar-refractivity contribution in [2.75, 3.05) is 12.8 Å². The zero-order valence-corrected chi connectivity index (χ0v) is 26.0. The molecule has 1 saturated heterocycles. The SMILES string of the molecule is COC(=O)[C@@H]1[C@H](NC(=O)C(=NOC(C)(C)C(=O)OCc2ccc([N+](=O)[O-])cc2)c2csc(N)n2)C(=O)N1S(=O)(=O)[O-].[Na+]. The second-order valence-electron chi connectivity index (χ2n) is 8.62. The third-order valence-electron chi connectivity index (χ3n) is 5.38. The molecular formula is C21H21N6NaO12S2. The Morgan fingerprint density at radius 2 is 1.88 bits per heavy atom. The molecule has 2 aromatic rings. The molecule has 1 aromatic carbocycles. The average molecular weight is 637 g/mol. The van der Waals surface area contributed by atoms with E-state index in [-0.39, 0.29) is 57.0 Å². The zero-order chi connectivity index (χ0) is 30.7. The third kappa shape index (κ3) is 7.77. The number of oxime groups is 1. The number of β-lactam (4-membered cyclic amide) rings is 1. The third-order valence-corrected chi connectivity index (χ3v) is 6.94. The van der Waals surface area contributed by atoms with E-state index in [4.69, 9.17) is 15.3 Å². The van der Waals surface area contributed by atoms with Gasteiger partial charge in [-0.3, -0.25) is 19.7 Å². The van der Waals surface area contributed by atoms with Crippen molar-refractivity contribution in [1.29, 1.82) is 0 Å². The minimum atomic E-state index is -5.41. The zero-order valence-electron chi connectivity index (χ0n) is 22.3. The predicted octanol–water partition coefficient (Wildman–Crippen LogP) is -3.79. The van der Waals surface area contributed by atoms with Crippen LogP contribution in [0.3, 0.4) is 0 Å². The number of nitrogens with zero attached hydrogens (tertiary/aromatic N) is 4. The van der Waals surface area contributed by atoms with Crippen LogP contribution in [0.4, 0.5) is 10.8 Å². The van der Waals surface area contributed by atoms with Gasteiger partial charge in [0.1, 0.15) is 18.3 Å². The van der Waals surface area contributed by atoms with Crippen molar-refractivity contribution in [2.24, 2.45) is 5.16 Å². The molecule has 1 aliphatic rings. The van der Waals surface area contributed by atoms with E-state index in [9.17, 15) is 42.3 Å². The number of methoxy groups -OCH3 is 1. The van der Waals surface area contributed by atoms with Gasteiger partial charge in [-0.1, -0.05) is 5.16 Å². The molecule has 1 aromatic heterocycles. The van der Waals surface area contributed by atoms with Crippen molar-refractivity contribution in [3.05, 3.63) is 51.0 Å². The van der Waals surface area contributed by atoms with Crippen molar-refractivity contribution < 1.29 is 80.9 Å². The Morgan fingerprint density at radius 1 is 1.26 bits per heavy atom. The molecule has 0 unspecified atom stereocenters. The number of benzene rings is 1. The van der Waals surface area contributed by atoms with Gasteiger partial charge in [-0.05, 0) is 31.5 Å². The molecule has 3 rings (SSSR count). The summed E-state index contributed by atoms with van der Waals surface area (Å²) in [5.41, 5.74) is 3.27. The molecule has 3 N–H and O–H groups in total. The smallest absolute Gasteiger partial charge is 0.731 e. The van der Waals surface area contributed by atoms with Crippen molar-refractivity contribution >= 4 is 61.9 Å². The predicted molar refractivity (Wildman–Crippen MR) is 135 cm³/mol. The van der Waals surface area contributed by atoms with Gasteiger partial charge in [-0.15, -0.1) is 11.3 Å². The van der Waals surface area contributed by atoms with Crippen LogP contribution in [0.25, 0.3) is 0 Å². The first-order valence-corrected chi connectivity index (χ1v) is 13.4. The molecule has 1 aliphatic heterocycles. The van der Waals surface area contributed by atoms with Crippen LogP contribution in [-0.4, -0.2) is 81.4 Å². The summed E-state index contributed by atoms with van der Waals surface area (Å²) >= 11 is 0.897. The molecule has 18 nitrogen and oxygen atoms in total. The first kappa shape index (κ1) is 34.5. The topological polar surface area (TPSA) is 263 Å². The number of nitrogens with one attached hydrogen (secondary N) is 1. The fourth-order valence-electron chi connectivity index (χ4n) is 3.25. The number of thiazole rings is 1. The van der Waals surface area contributed by atoms with Crippen LogP contribution in [0.5, 0.6) is 0 Å². The summed E-state index contributed by atoms with van der Waals surface area (Å²) in [5.74, 6) is -4.86. The van der Waals surface area contributed by atoms with E-state index in [0.29, 0.717) is 5.56 Å². The Kier molecular flexibility index (Phi) is 11.1. The van der Waals surface area contributed by atoms with Gasteiger partial charge in [0.25, 0.3) is 17.5 Å². The second kappa shape index (κ2) is 13.5. The number of nitro groups is 1. The summed E-state index contributed by atoms with van der Waals surface area (Å²) in [7, 11) is -4.53. The average Bonchev–Trinajstić information content (AvgIpc) is 3.33. The van der Waals surface area contributed by atoms with E-state index in [2.05, 4.69) is 20.2 Å². The molecule has 2 heterocycles. The van der Waals surface area contributed by atoms with E-state index < -0.39 is 62.4 Å². The van der Waals surface area contributed by atoms with Crippen LogP contribution in [0.15, 0.2) is 34.8 Å². The number of carbonyl (C=O) groups is 4. The Bertz CT molecular complexity index is 1530. The molecule has 2 amide bonds. The van der Waals surface area contributed by atoms with Gasteiger partial charge in [-0.2, -0.15) is 0 Å². The van der Waals surface area contributed by atoms with E-state index >= 15 is 0 Å². The molecule has 0 spiro atoms. The number of nitro benzene ring substituents is 1. The molecule has 0 bridgehead atoms. The van der Waals surface area contributed by atoms with Crippen LogP contribution < -0.4 is 40.6 Å². The molecule has 42 heavy (non-hydrogen) atoms. The standard InChI is InChI=1S/C21H22N6O12S2.Na/c1-21(2,19(31)38-8-10-4-6-11(7-5-10)27(32)33)39-25-13(12-9-40-20(22)23-12)16(28)24-14-15(18(30)37-3)26(17(14)29)41(34,35)36;/h4-7,9,14-15H,8H2,1-3H3,(H2,22,23)(H,24,28)(H,34,35,36);/q;+1/p-1/t14-,15-;/m0./s1. The Balaban J connectivity index is 0.00000616. The number of rotatable bonds is 11. The molecule has 0 saturated carbocycles. The van der Waals surface area contributed by atoms with Crippen LogP contribution >= 0.6 is 11.3 Å². The van der Waals surface area contributed by atoms with E-state index in [1.165, 1.54) is 43.5 Å². The van der Waals surface area contributed by atoms with Gasteiger partial charge < -0.3 is 29.9 Å². The quantitative estimate of drug-likeness (QED) is 0.0456. The molecule has 2 atom stereocenters. The Labute approximate surface area is 263 Å². The van der Waals surface area contributed by atoms with Crippen molar-refractivity contribution in [1.82, 2.24) is 14.6 Å². The van der Waals surface area contributed by atoms with Gasteiger partial charge in [0.05, 0.1) is 12.0 Å². The second-order valence-corrected chi connectivity index (χ2v) is 10.8. The summed E-state index contributed by atoms with van der Waals surface area (Å²) in [6, 6.07) is 1.42. The summed E-state index contributed by atoms with van der Waals surface area (Å²) in [6.07, 6.45) is 0. The fourth-order valence-corrected chi connectivity index (χ4v) is 4.62. The number of hydrogen-bond acceptors (Lipinski definition) is 16. The van der Waals surface area contributed by atoms with Crippen LogP contribution in [0, 0.1) is 10.1 Å². The van der Waals surface area contributed by atoms with Crippen molar-refractivity contribution in [3.8, 4) is 0 Å². The van der Waals surface area contributed by atoms with Crippen LogP contribution in [0.1, 0.15) is 25.1 Å². The summed E-state index contributed by atoms with van der Waals surface area (Å²) < 4.78 is 43.5. The van der Waals surface area contributed by atoms with Crippen LogP contribution in [-0.2, 0) is 50.4 Å². The number of nitrogens with two attached hydrogens (primary N) is 1. The summed E-state index contributed by atoms with van der Waals surface area (Å²) in [5, 5.41) is 17.8. The van der Waals surface area contributed by atoms with Gasteiger partial charge in [0, 0.05) is 17.5 Å². The molecule has 0 radical (unpaired) electrons. The van der Waals surface area contributed by atoms with Gasteiger partial charge in [0.2, 0.25) is 5.60 Å². The van der Waals surface area contributed by atoms with Crippen molar-refractivity contribution in [3.63, 3.8) is 0 Å². The van der Waals surface area contributed by atoms with Crippen molar-refractivity contribution in [2.45, 2.75) is 38.1 Å². The minimum Gasteiger partial charge on any atom is -0.731 e. The Morgan fingerprint density at radius 3 is 2.38 bits per heavy atom. The first-order valence-electron chi connectivity index (χ1n) is 11.1. The molecule has 1 fully saturated rings. The number of carbonyl (C=O) groups excluding carboxylic acids is 4. The fraction of sp³-hybridized carbons (Fsp3) is 0.333. The maximum Gasteiger partial charge on any atom is 1.00 e. The van der Waals surface area contributed by atoms with E-state index in [0.717, 1.165) is 18.4 Å². The first-order chi connectivity index (χ1) is 19.1. The molecule has 21 heteroatoms. The Hall–Kier alpha value is -3.69. The number of nitrogen functional groups attached to an aromatic ring is 1.